The first-order valence-electron chi connectivity index (χ1n) is 8.37. The second-order valence-electron chi connectivity index (χ2n) is 6.82. The second-order valence-corrected chi connectivity index (χ2v) is 10.2. The summed E-state index contributed by atoms with van der Waals surface area (Å²) < 4.78 is 0. The van der Waals surface area contributed by atoms with Gasteiger partial charge in [-0.1, -0.05) is 59.9 Å². The SMILES string of the molecule is Cc1ccc2ccc3ccc(CP(C(C)C)C(C)C)nc3c2n1. The zero-order valence-electron chi connectivity index (χ0n) is 14.7. The van der Waals surface area contributed by atoms with Gasteiger partial charge in [-0.2, -0.15) is 0 Å². The molecule has 0 radical (unpaired) electrons. The molecule has 0 amide bonds. The third kappa shape index (κ3) is 3.38. The molecule has 3 rings (SSSR count). The third-order valence-corrected chi connectivity index (χ3v) is 7.73. The van der Waals surface area contributed by atoms with Gasteiger partial charge in [-0.3, -0.25) is 9.97 Å². The van der Waals surface area contributed by atoms with Gasteiger partial charge in [-0.05, 0) is 30.4 Å². The molecular formula is C20H25N2P. The van der Waals surface area contributed by atoms with E-state index in [9.17, 15) is 0 Å². The summed E-state index contributed by atoms with van der Waals surface area (Å²) in [5.41, 5.74) is 5.80. The molecule has 0 spiro atoms. The lowest BCUT2D eigenvalue weighted by Gasteiger charge is -2.25. The van der Waals surface area contributed by atoms with Crippen LogP contribution in [0.3, 0.4) is 0 Å². The predicted molar refractivity (Wildman–Crippen MR) is 103 cm³/mol. The van der Waals surface area contributed by atoms with Crippen molar-refractivity contribution in [2.75, 3.05) is 0 Å². The molecule has 120 valence electrons. The number of aryl methyl sites for hydroxylation is 1. The number of hydrogen-bond acceptors (Lipinski definition) is 2. The van der Waals surface area contributed by atoms with Crippen molar-refractivity contribution < 1.29 is 0 Å². The topological polar surface area (TPSA) is 25.8 Å². The van der Waals surface area contributed by atoms with Crippen molar-refractivity contribution in [1.82, 2.24) is 9.97 Å². The third-order valence-electron chi connectivity index (χ3n) is 4.39. The Morgan fingerprint density at radius 1 is 0.783 bits per heavy atom. The zero-order chi connectivity index (χ0) is 16.6. The number of rotatable bonds is 4. The first kappa shape index (κ1) is 16.3. The molecule has 0 aliphatic rings. The smallest absolute Gasteiger partial charge is 0.0968 e. The van der Waals surface area contributed by atoms with Gasteiger partial charge in [-0.15, -0.1) is 0 Å². The van der Waals surface area contributed by atoms with Crippen LogP contribution in [0.1, 0.15) is 39.1 Å². The fourth-order valence-electron chi connectivity index (χ4n) is 3.14. The zero-order valence-corrected chi connectivity index (χ0v) is 15.6. The van der Waals surface area contributed by atoms with Crippen LogP contribution in [0.2, 0.25) is 0 Å². The van der Waals surface area contributed by atoms with E-state index in [1.165, 1.54) is 16.5 Å². The lowest BCUT2D eigenvalue weighted by atomic mass is 10.1. The molecule has 3 aromatic rings. The van der Waals surface area contributed by atoms with Gasteiger partial charge in [0.2, 0.25) is 0 Å². The Balaban J connectivity index is 2.10. The lowest BCUT2D eigenvalue weighted by molar-refractivity contribution is 0.989. The van der Waals surface area contributed by atoms with Gasteiger partial charge in [0.25, 0.3) is 0 Å². The number of pyridine rings is 2. The summed E-state index contributed by atoms with van der Waals surface area (Å²) >= 11 is 0. The van der Waals surface area contributed by atoms with Gasteiger partial charge >= 0.3 is 0 Å². The maximum absolute atomic E-state index is 5.00. The number of hydrogen-bond donors (Lipinski definition) is 0. The molecular weight excluding hydrogens is 299 g/mol. The van der Waals surface area contributed by atoms with Crippen LogP contribution in [0, 0.1) is 6.92 Å². The van der Waals surface area contributed by atoms with Crippen LogP contribution in [-0.2, 0) is 6.16 Å². The Kier molecular flexibility index (Phi) is 4.64. The minimum absolute atomic E-state index is 0.0427. The number of aromatic nitrogens is 2. The van der Waals surface area contributed by atoms with E-state index in [-0.39, 0.29) is 7.92 Å². The minimum Gasteiger partial charge on any atom is -0.251 e. The van der Waals surface area contributed by atoms with Gasteiger partial charge in [0.15, 0.2) is 0 Å². The molecule has 0 aliphatic carbocycles. The molecule has 0 unspecified atom stereocenters. The Morgan fingerprint density at radius 3 is 1.91 bits per heavy atom. The molecule has 2 heterocycles. The van der Waals surface area contributed by atoms with E-state index >= 15 is 0 Å². The second kappa shape index (κ2) is 6.53. The molecule has 0 fully saturated rings. The summed E-state index contributed by atoms with van der Waals surface area (Å²) in [5, 5.41) is 2.35. The largest absolute Gasteiger partial charge is 0.251 e. The quantitative estimate of drug-likeness (QED) is 0.442. The summed E-state index contributed by atoms with van der Waals surface area (Å²) in [4.78, 5) is 9.74. The summed E-state index contributed by atoms with van der Waals surface area (Å²) in [6.07, 6.45) is 1.10. The number of fused-ring (bicyclic) bond motifs is 3. The highest BCUT2D eigenvalue weighted by atomic mass is 31.1. The van der Waals surface area contributed by atoms with Crippen molar-refractivity contribution in [2.45, 2.75) is 52.1 Å². The van der Waals surface area contributed by atoms with E-state index in [2.05, 4.69) is 64.1 Å². The summed E-state index contributed by atoms with van der Waals surface area (Å²) in [7, 11) is -0.0427. The van der Waals surface area contributed by atoms with Gasteiger partial charge in [0, 0.05) is 28.3 Å². The van der Waals surface area contributed by atoms with Crippen molar-refractivity contribution in [1.29, 1.82) is 0 Å². The molecule has 0 bridgehead atoms. The van der Waals surface area contributed by atoms with E-state index in [0.717, 1.165) is 34.2 Å². The Morgan fingerprint density at radius 2 is 1.30 bits per heavy atom. The maximum atomic E-state index is 5.00. The number of benzene rings is 1. The van der Waals surface area contributed by atoms with E-state index in [4.69, 9.17) is 9.97 Å². The monoisotopic (exact) mass is 324 g/mol. The average Bonchev–Trinajstić information content (AvgIpc) is 2.51. The predicted octanol–water partition coefficient (Wildman–Crippen LogP) is 5.89. The highest BCUT2D eigenvalue weighted by Gasteiger charge is 2.18. The van der Waals surface area contributed by atoms with Crippen LogP contribution >= 0.6 is 7.92 Å². The van der Waals surface area contributed by atoms with Crippen LogP contribution < -0.4 is 0 Å². The van der Waals surface area contributed by atoms with Crippen molar-refractivity contribution in [2.24, 2.45) is 0 Å². The van der Waals surface area contributed by atoms with E-state index in [1.54, 1.807) is 0 Å². The highest BCUT2D eigenvalue weighted by molar-refractivity contribution is 7.58. The maximum Gasteiger partial charge on any atom is 0.0968 e. The fourth-order valence-corrected chi connectivity index (χ4v) is 5.62. The Bertz CT molecular complexity index is 832. The van der Waals surface area contributed by atoms with Crippen molar-refractivity contribution in [3.63, 3.8) is 0 Å². The van der Waals surface area contributed by atoms with Crippen molar-refractivity contribution in [3.8, 4) is 0 Å². The molecule has 1 aromatic carbocycles. The minimum atomic E-state index is -0.0427. The first-order chi connectivity index (χ1) is 11.0. The molecule has 0 atom stereocenters. The standard InChI is InChI=1S/C20H25N2P/c1-13(2)23(14(3)4)12-18-11-10-17-9-8-16-7-6-15(5)21-19(16)20(17)22-18/h6-11,13-14H,12H2,1-5H3. The van der Waals surface area contributed by atoms with Crippen LogP contribution in [0.5, 0.6) is 0 Å². The highest BCUT2D eigenvalue weighted by Crippen LogP contribution is 2.48. The van der Waals surface area contributed by atoms with Crippen LogP contribution in [0.4, 0.5) is 0 Å². The molecule has 0 N–H and O–H groups in total. The van der Waals surface area contributed by atoms with E-state index in [1.807, 2.05) is 6.92 Å². The van der Waals surface area contributed by atoms with Gasteiger partial charge in [0.05, 0.1) is 11.0 Å². The fraction of sp³-hybridized carbons (Fsp3) is 0.400. The molecule has 0 aliphatic heterocycles. The van der Waals surface area contributed by atoms with Crippen molar-refractivity contribution in [3.05, 3.63) is 47.8 Å². The van der Waals surface area contributed by atoms with Gasteiger partial charge < -0.3 is 0 Å². The average molecular weight is 324 g/mol. The van der Waals surface area contributed by atoms with Gasteiger partial charge in [0.1, 0.15) is 0 Å². The molecule has 23 heavy (non-hydrogen) atoms. The van der Waals surface area contributed by atoms with Crippen LogP contribution in [0.15, 0.2) is 36.4 Å². The van der Waals surface area contributed by atoms with Crippen LogP contribution in [0.25, 0.3) is 21.8 Å². The van der Waals surface area contributed by atoms with Gasteiger partial charge in [-0.25, -0.2) is 0 Å². The Labute approximate surface area is 140 Å². The summed E-state index contributed by atoms with van der Waals surface area (Å²) in [6, 6.07) is 12.9. The molecule has 0 saturated carbocycles. The molecule has 0 saturated heterocycles. The van der Waals surface area contributed by atoms with E-state index < -0.39 is 0 Å². The summed E-state index contributed by atoms with van der Waals surface area (Å²) in [5.74, 6) is 0. The summed E-state index contributed by atoms with van der Waals surface area (Å²) in [6.45, 7) is 11.4. The molecule has 3 heteroatoms. The molecule has 2 aromatic heterocycles. The number of nitrogens with zero attached hydrogens (tertiary/aromatic N) is 2. The normalized spacial score (nSPS) is 12.2. The van der Waals surface area contributed by atoms with Crippen molar-refractivity contribution >= 4 is 29.7 Å². The van der Waals surface area contributed by atoms with Crippen LogP contribution in [-0.4, -0.2) is 21.3 Å². The van der Waals surface area contributed by atoms with E-state index in [0.29, 0.717) is 0 Å². The lowest BCUT2D eigenvalue weighted by Crippen LogP contribution is -2.06. The molecule has 2 nitrogen and oxygen atoms in total. The Hall–Kier alpha value is -1.53. The first-order valence-corrected chi connectivity index (χ1v) is 10.0.